The Morgan fingerprint density at radius 2 is 1.74 bits per heavy atom. The number of hydrogen-bond acceptors (Lipinski definition) is 3. The summed E-state index contributed by atoms with van der Waals surface area (Å²) in [7, 11) is 0. The molecule has 27 heavy (non-hydrogen) atoms. The average Bonchev–Trinajstić information content (AvgIpc) is 3.33. The minimum absolute atomic E-state index is 0.0681. The van der Waals surface area contributed by atoms with Crippen LogP contribution in [0.1, 0.15) is 36.8 Å². The number of likely N-dealkylation sites (tertiary alicyclic amines) is 2. The maximum Gasteiger partial charge on any atom is 0.228 e. The normalized spacial score (nSPS) is 24.6. The number of aryl methyl sites for hydroxylation is 1. The summed E-state index contributed by atoms with van der Waals surface area (Å²) in [5.74, 6) is 0.336. The third-order valence-corrected chi connectivity index (χ3v) is 6.68. The van der Waals surface area contributed by atoms with Gasteiger partial charge < -0.3 is 14.5 Å². The first-order valence-corrected chi connectivity index (χ1v) is 10.3. The highest BCUT2D eigenvalue weighted by atomic mass is 16.5. The number of ether oxygens (including phenoxy) is 1. The number of nitrogens with zero attached hydrogens (tertiary/aromatic N) is 2. The van der Waals surface area contributed by atoms with Gasteiger partial charge in [0, 0.05) is 44.8 Å². The van der Waals surface area contributed by atoms with E-state index < -0.39 is 0 Å². The van der Waals surface area contributed by atoms with Crippen LogP contribution in [0.2, 0.25) is 0 Å². The van der Waals surface area contributed by atoms with Gasteiger partial charge in [0.05, 0.1) is 12.3 Å². The predicted octanol–water partition coefficient (Wildman–Crippen LogP) is 2.42. The van der Waals surface area contributed by atoms with Crippen molar-refractivity contribution < 1.29 is 14.3 Å². The van der Waals surface area contributed by atoms with E-state index >= 15 is 0 Å². The summed E-state index contributed by atoms with van der Waals surface area (Å²) in [6, 6.07) is 8.15. The number of carbonyl (C=O) groups excluding carboxylic acids is 2. The Balaban J connectivity index is 1.50. The van der Waals surface area contributed by atoms with Gasteiger partial charge in [0.15, 0.2) is 0 Å². The number of carbonyl (C=O) groups is 2. The van der Waals surface area contributed by atoms with Crippen molar-refractivity contribution in [2.24, 2.45) is 11.3 Å². The molecule has 1 spiro atoms. The summed E-state index contributed by atoms with van der Waals surface area (Å²) in [5, 5.41) is 0. The Morgan fingerprint density at radius 3 is 2.41 bits per heavy atom. The van der Waals surface area contributed by atoms with Gasteiger partial charge in [-0.3, -0.25) is 9.59 Å². The van der Waals surface area contributed by atoms with Gasteiger partial charge in [0.2, 0.25) is 11.8 Å². The van der Waals surface area contributed by atoms with Gasteiger partial charge in [-0.05, 0) is 38.2 Å². The Bertz CT molecular complexity index is 688. The van der Waals surface area contributed by atoms with Crippen molar-refractivity contribution >= 4 is 11.8 Å². The van der Waals surface area contributed by atoms with Crippen molar-refractivity contribution in [2.45, 2.75) is 39.0 Å². The van der Waals surface area contributed by atoms with Crippen LogP contribution in [-0.4, -0.2) is 61.0 Å². The summed E-state index contributed by atoms with van der Waals surface area (Å²) >= 11 is 0. The van der Waals surface area contributed by atoms with Gasteiger partial charge in [-0.1, -0.05) is 29.8 Å². The molecule has 0 aliphatic carbocycles. The number of hydrogen-bond donors (Lipinski definition) is 0. The maximum atomic E-state index is 13.2. The summed E-state index contributed by atoms with van der Waals surface area (Å²) in [6.07, 6.45) is 4.38. The van der Waals surface area contributed by atoms with Crippen LogP contribution in [0.4, 0.5) is 0 Å². The molecule has 0 aromatic heterocycles. The standard InChI is InChI=1S/C22H30N2O3/c1-17-4-6-18(7-5-17)14-20(25)24-15-19(21(26)23-10-2-3-11-23)22(16-24)8-12-27-13-9-22/h4-7,19H,2-3,8-16H2,1H3/t19-/m1/s1. The van der Waals surface area contributed by atoms with Crippen molar-refractivity contribution in [3.8, 4) is 0 Å². The Morgan fingerprint density at radius 1 is 1.07 bits per heavy atom. The van der Waals surface area contributed by atoms with E-state index in [2.05, 4.69) is 6.92 Å². The first-order chi connectivity index (χ1) is 13.1. The highest BCUT2D eigenvalue weighted by molar-refractivity contribution is 5.84. The van der Waals surface area contributed by atoms with Gasteiger partial charge in [-0.2, -0.15) is 0 Å². The molecule has 1 atom stereocenters. The highest BCUT2D eigenvalue weighted by Gasteiger charge is 2.52. The van der Waals surface area contributed by atoms with E-state index in [4.69, 9.17) is 4.74 Å². The molecule has 1 aromatic rings. The Kier molecular flexibility index (Phi) is 5.22. The van der Waals surface area contributed by atoms with Crippen LogP contribution in [-0.2, 0) is 20.7 Å². The molecular formula is C22H30N2O3. The largest absolute Gasteiger partial charge is 0.381 e. The Labute approximate surface area is 161 Å². The zero-order valence-electron chi connectivity index (χ0n) is 16.3. The smallest absolute Gasteiger partial charge is 0.228 e. The molecule has 0 unspecified atom stereocenters. The molecule has 4 rings (SSSR count). The van der Waals surface area contributed by atoms with Crippen LogP contribution in [0.3, 0.4) is 0 Å². The zero-order valence-corrected chi connectivity index (χ0v) is 16.3. The molecule has 0 radical (unpaired) electrons. The second-order valence-corrected chi connectivity index (χ2v) is 8.50. The van der Waals surface area contributed by atoms with Crippen molar-refractivity contribution in [2.75, 3.05) is 39.4 Å². The lowest BCUT2D eigenvalue weighted by Gasteiger charge is -2.38. The summed E-state index contributed by atoms with van der Waals surface area (Å²) in [4.78, 5) is 30.2. The number of rotatable bonds is 3. The lowest BCUT2D eigenvalue weighted by Crippen LogP contribution is -2.45. The summed E-state index contributed by atoms with van der Waals surface area (Å²) < 4.78 is 5.58. The zero-order chi connectivity index (χ0) is 18.9. The molecule has 2 amide bonds. The van der Waals surface area contributed by atoms with Crippen molar-refractivity contribution in [1.29, 1.82) is 0 Å². The van der Waals surface area contributed by atoms with Crippen molar-refractivity contribution in [3.05, 3.63) is 35.4 Å². The van der Waals surface area contributed by atoms with Crippen LogP contribution < -0.4 is 0 Å². The molecule has 0 saturated carbocycles. The van der Waals surface area contributed by atoms with E-state index in [1.165, 1.54) is 5.56 Å². The molecular weight excluding hydrogens is 340 g/mol. The monoisotopic (exact) mass is 370 g/mol. The number of benzene rings is 1. The fraction of sp³-hybridized carbons (Fsp3) is 0.636. The molecule has 5 heteroatoms. The average molecular weight is 370 g/mol. The molecule has 5 nitrogen and oxygen atoms in total. The van der Waals surface area contributed by atoms with Crippen molar-refractivity contribution in [3.63, 3.8) is 0 Å². The van der Waals surface area contributed by atoms with Crippen LogP contribution in [0, 0.1) is 18.3 Å². The minimum atomic E-state index is -0.0964. The predicted molar refractivity (Wildman–Crippen MR) is 103 cm³/mol. The van der Waals surface area contributed by atoms with Crippen LogP contribution in [0.5, 0.6) is 0 Å². The van der Waals surface area contributed by atoms with E-state index in [1.807, 2.05) is 34.1 Å². The molecule has 3 fully saturated rings. The van der Waals surface area contributed by atoms with Gasteiger partial charge in [-0.25, -0.2) is 0 Å². The minimum Gasteiger partial charge on any atom is -0.381 e. The second kappa shape index (κ2) is 7.63. The van der Waals surface area contributed by atoms with E-state index in [0.717, 1.165) is 44.3 Å². The van der Waals surface area contributed by atoms with Crippen molar-refractivity contribution in [1.82, 2.24) is 9.80 Å². The van der Waals surface area contributed by atoms with Gasteiger partial charge in [-0.15, -0.1) is 0 Å². The molecule has 0 bridgehead atoms. The quantitative estimate of drug-likeness (QED) is 0.821. The van der Waals surface area contributed by atoms with E-state index in [0.29, 0.717) is 32.7 Å². The molecule has 3 aliphatic heterocycles. The van der Waals surface area contributed by atoms with Crippen LogP contribution in [0.15, 0.2) is 24.3 Å². The SMILES string of the molecule is Cc1ccc(CC(=O)N2C[C@H](C(=O)N3CCCC3)C3(CCOCC3)C2)cc1. The fourth-order valence-corrected chi connectivity index (χ4v) is 4.93. The lowest BCUT2D eigenvalue weighted by atomic mass is 9.71. The van der Waals surface area contributed by atoms with Crippen LogP contribution in [0.25, 0.3) is 0 Å². The third-order valence-electron chi connectivity index (χ3n) is 6.68. The fourth-order valence-electron chi connectivity index (χ4n) is 4.93. The highest BCUT2D eigenvalue weighted by Crippen LogP contribution is 2.45. The van der Waals surface area contributed by atoms with E-state index in [1.54, 1.807) is 0 Å². The molecule has 146 valence electrons. The van der Waals surface area contributed by atoms with Gasteiger partial charge >= 0.3 is 0 Å². The molecule has 0 N–H and O–H groups in total. The van der Waals surface area contributed by atoms with E-state index in [-0.39, 0.29) is 23.1 Å². The first-order valence-electron chi connectivity index (χ1n) is 10.3. The van der Waals surface area contributed by atoms with Crippen LogP contribution >= 0.6 is 0 Å². The van der Waals surface area contributed by atoms with Gasteiger partial charge in [0.25, 0.3) is 0 Å². The second-order valence-electron chi connectivity index (χ2n) is 8.50. The lowest BCUT2D eigenvalue weighted by molar-refractivity contribution is -0.139. The number of amides is 2. The first kappa shape index (κ1) is 18.5. The maximum absolute atomic E-state index is 13.2. The third kappa shape index (κ3) is 3.75. The topological polar surface area (TPSA) is 49.9 Å². The molecule has 3 saturated heterocycles. The molecule has 3 heterocycles. The summed E-state index contributed by atoms with van der Waals surface area (Å²) in [5.41, 5.74) is 2.15. The van der Waals surface area contributed by atoms with Gasteiger partial charge in [0.1, 0.15) is 0 Å². The molecule has 3 aliphatic rings. The summed E-state index contributed by atoms with van der Waals surface area (Å²) in [6.45, 7) is 6.47. The van der Waals surface area contributed by atoms with E-state index in [9.17, 15) is 9.59 Å². The molecule has 1 aromatic carbocycles. The Hall–Kier alpha value is -1.88.